The summed E-state index contributed by atoms with van der Waals surface area (Å²) >= 11 is 12.0. The lowest BCUT2D eigenvalue weighted by atomic mass is 10.2. The van der Waals surface area contributed by atoms with E-state index in [1.807, 2.05) is 0 Å². The van der Waals surface area contributed by atoms with Crippen LogP contribution in [-0.2, 0) is 14.8 Å². The minimum atomic E-state index is -3.71. The Balaban J connectivity index is 2.40. The topological polar surface area (TPSA) is 66.5 Å². The molecule has 1 atom stereocenters. The van der Waals surface area contributed by atoms with Crippen LogP contribution in [0.25, 0.3) is 0 Å². The van der Waals surface area contributed by atoms with Gasteiger partial charge in [0.1, 0.15) is 6.04 Å². The standard InChI is InChI=1S/C17H18Cl2N2O3S/c1-3-16(17(22)20-15-10-5-4-9-14(15)19)21(25(2,23)24)13-8-6-7-12(18)11-13/h4-11,16H,3H2,1-2H3,(H,20,22). The van der Waals surface area contributed by atoms with Gasteiger partial charge in [0.15, 0.2) is 0 Å². The van der Waals surface area contributed by atoms with Crippen molar-refractivity contribution < 1.29 is 13.2 Å². The van der Waals surface area contributed by atoms with Crippen LogP contribution in [0.4, 0.5) is 11.4 Å². The van der Waals surface area contributed by atoms with Crippen molar-refractivity contribution in [2.24, 2.45) is 0 Å². The van der Waals surface area contributed by atoms with E-state index in [1.54, 1.807) is 49.4 Å². The Bertz CT molecular complexity index is 872. The van der Waals surface area contributed by atoms with Gasteiger partial charge in [-0.3, -0.25) is 9.10 Å². The molecule has 0 aliphatic carbocycles. The number of amides is 1. The van der Waals surface area contributed by atoms with Gasteiger partial charge in [-0.05, 0) is 36.8 Å². The SMILES string of the molecule is CCC(C(=O)Nc1ccccc1Cl)N(c1cccc(Cl)c1)S(C)(=O)=O. The molecule has 5 nitrogen and oxygen atoms in total. The molecule has 2 aromatic rings. The fourth-order valence-corrected chi connectivity index (χ4v) is 4.02. The highest BCUT2D eigenvalue weighted by atomic mass is 35.5. The molecule has 1 amide bonds. The second-order valence-corrected chi connectivity index (χ2v) is 8.13. The Labute approximate surface area is 157 Å². The predicted octanol–water partition coefficient (Wildman–Crippen LogP) is 4.18. The molecule has 0 aromatic heterocycles. The Morgan fingerprint density at radius 3 is 2.40 bits per heavy atom. The van der Waals surface area contributed by atoms with Crippen LogP contribution in [-0.4, -0.2) is 26.6 Å². The number of nitrogens with one attached hydrogen (secondary N) is 1. The first-order valence-corrected chi connectivity index (χ1v) is 10.1. The highest BCUT2D eigenvalue weighted by molar-refractivity contribution is 7.92. The number of anilines is 2. The number of carbonyl (C=O) groups is 1. The summed E-state index contributed by atoms with van der Waals surface area (Å²) < 4.78 is 25.8. The summed E-state index contributed by atoms with van der Waals surface area (Å²) in [7, 11) is -3.71. The minimum Gasteiger partial charge on any atom is -0.323 e. The van der Waals surface area contributed by atoms with Crippen molar-refractivity contribution in [1.82, 2.24) is 0 Å². The van der Waals surface area contributed by atoms with Crippen LogP contribution in [0, 0.1) is 0 Å². The lowest BCUT2D eigenvalue weighted by Crippen LogP contribution is -2.47. The van der Waals surface area contributed by atoms with Crippen molar-refractivity contribution in [3.63, 3.8) is 0 Å². The van der Waals surface area contributed by atoms with Gasteiger partial charge in [-0.15, -0.1) is 0 Å². The smallest absolute Gasteiger partial charge is 0.248 e. The number of para-hydroxylation sites is 1. The van der Waals surface area contributed by atoms with E-state index in [-0.39, 0.29) is 6.42 Å². The molecule has 0 radical (unpaired) electrons. The molecule has 0 bridgehead atoms. The molecule has 0 aliphatic rings. The van der Waals surface area contributed by atoms with Gasteiger partial charge >= 0.3 is 0 Å². The molecule has 0 saturated heterocycles. The zero-order chi connectivity index (χ0) is 18.6. The summed E-state index contributed by atoms with van der Waals surface area (Å²) in [6, 6.07) is 12.2. The van der Waals surface area contributed by atoms with E-state index < -0.39 is 22.0 Å². The quantitative estimate of drug-likeness (QED) is 0.790. The van der Waals surface area contributed by atoms with Crippen molar-refractivity contribution in [2.75, 3.05) is 15.9 Å². The van der Waals surface area contributed by atoms with E-state index in [1.165, 1.54) is 6.07 Å². The molecule has 0 saturated carbocycles. The first-order valence-electron chi connectivity index (χ1n) is 7.54. The third kappa shape index (κ3) is 4.87. The van der Waals surface area contributed by atoms with Gasteiger partial charge in [-0.1, -0.05) is 48.3 Å². The first kappa shape index (κ1) is 19.6. The lowest BCUT2D eigenvalue weighted by Gasteiger charge is -2.30. The van der Waals surface area contributed by atoms with Gasteiger partial charge in [0.2, 0.25) is 15.9 Å². The van der Waals surface area contributed by atoms with Crippen molar-refractivity contribution >= 4 is 50.5 Å². The van der Waals surface area contributed by atoms with Crippen LogP contribution >= 0.6 is 23.2 Å². The van der Waals surface area contributed by atoms with Crippen LogP contribution < -0.4 is 9.62 Å². The fourth-order valence-electron chi connectivity index (χ4n) is 2.45. The lowest BCUT2D eigenvalue weighted by molar-refractivity contribution is -0.117. The number of nitrogens with zero attached hydrogens (tertiary/aromatic N) is 1. The minimum absolute atomic E-state index is 0.274. The fraction of sp³-hybridized carbons (Fsp3) is 0.235. The van der Waals surface area contributed by atoms with E-state index in [4.69, 9.17) is 23.2 Å². The van der Waals surface area contributed by atoms with Crippen LogP contribution in [0.15, 0.2) is 48.5 Å². The molecule has 1 N–H and O–H groups in total. The number of halogens is 2. The normalized spacial score (nSPS) is 12.5. The van der Waals surface area contributed by atoms with Gasteiger partial charge in [-0.2, -0.15) is 0 Å². The van der Waals surface area contributed by atoms with Crippen LogP contribution in [0.5, 0.6) is 0 Å². The maximum atomic E-state index is 12.7. The number of sulfonamides is 1. The van der Waals surface area contributed by atoms with Gasteiger partial charge < -0.3 is 5.32 Å². The molecule has 134 valence electrons. The third-order valence-corrected chi connectivity index (χ3v) is 5.27. The third-order valence-electron chi connectivity index (χ3n) is 3.52. The molecule has 25 heavy (non-hydrogen) atoms. The Morgan fingerprint density at radius 2 is 1.84 bits per heavy atom. The molecule has 2 rings (SSSR count). The van der Waals surface area contributed by atoms with Crippen molar-refractivity contribution in [1.29, 1.82) is 0 Å². The largest absolute Gasteiger partial charge is 0.323 e. The Morgan fingerprint density at radius 1 is 1.16 bits per heavy atom. The number of rotatable bonds is 6. The molecule has 1 unspecified atom stereocenters. The zero-order valence-electron chi connectivity index (χ0n) is 13.7. The number of hydrogen-bond acceptors (Lipinski definition) is 3. The van der Waals surface area contributed by atoms with E-state index in [0.29, 0.717) is 21.4 Å². The molecule has 0 spiro atoms. The molecule has 2 aromatic carbocycles. The van der Waals surface area contributed by atoms with Crippen LogP contribution in [0.3, 0.4) is 0 Å². The first-order chi connectivity index (χ1) is 11.7. The van der Waals surface area contributed by atoms with Crippen molar-refractivity contribution in [3.05, 3.63) is 58.6 Å². The van der Waals surface area contributed by atoms with E-state index in [9.17, 15) is 13.2 Å². The molecule has 0 fully saturated rings. The predicted molar refractivity (Wildman–Crippen MR) is 103 cm³/mol. The number of hydrogen-bond donors (Lipinski definition) is 1. The van der Waals surface area contributed by atoms with Crippen LogP contribution in [0.2, 0.25) is 10.0 Å². The zero-order valence-corrected chi connectivity index (χ0v) is 16.1. The summed E-state index contributed by atoms with van der Waals surface area (Å²) in [5, 5.41) is 3.44. The maximum Gasteiger partial charge on any atom is 0.248 e. The molecular weight excluding hydrogens is 383 g/mol. The molecular formula is C17H18Cl2N2O3S. The second kappa shape index (κ2) is 8.08. The summed E-state index contributed by atoms with van der Waals surface area (Å²) in [5.41, 5.74) is 0.753. The van der Waals surface area contributed by atoms with E-state index >= 15 is 0 Å². The Hall–Kier alpha value is -1.76. The maximum absolute atomic E-state index is 12.7. The summed E-state index contributed by atoms with van der Waals surface area (Å²) in [6.07, 6.45) is 1.33. The van der Waals surface area contributed by atoms with Crippen molar-refractivity contribution in [2.45, 2.75) is 19.4 Å². The average Bonchev–Trinajstić information content (AvgIpc) is 2.53. The Kier molecular flexibility index (Phi) is 6.32. The summed E-state index contributed by atoms with van der Waals surface area (Å²) in [6.45, 7) is 1.74. The van der Waals surface area contributed by atoms with Gasteiger partial charge in [-0.25, -0.2) is 8.42 Å². The number of carbonyl (C=O) groups excluding carboxylic acids is 1. The summed E-state index contributed by atoms with van der Waals surface area (Å²) in [4.78, 5) is 12.7. The highest BCUT2D eigenvalue weighted by Crippen LogP contribution is 2.27. The van der Waals surface area contributed by atoms with Gasteiger partial charge in [0.25, 0.3) is 0 Å². The van der Waals surface area contributed by atoms with Gasteiger partial charge in [0.05, 0.1) is 22.7 Å². The number of benzene rings is 2. The summed E-state index contributed by atoms with van der Waals surface area (Å²) in [5.74, 6) is -0.471. The molecule has 8 heteroatoms. The van der Waals surface area contributed by atoms with E-state index in [2.05, 4.69) is 5.32 Å². The monoisotopic (exact) mass is 400 g/mol. The molecule has 0 aliphatic heterocycles. The highest BCUT2D eigenvalue weighted by Gasteiger charge is 2.31. The molecule has 0 heterocycles. The van der Waals surface area contributed by atoms with E-state index in [0.717, 1.165) is 10.6 Å². The van der Waals surface area contributed by atoms with Gasteiger partial charge in [0, 0.05) is 5.02 Å². The van der Waals surface area contributed by atoms with Crippen molar-refractivity contribution in [3.8, 4) is 0 Å². The average molecular weight is 401 g/mol. The second-order valence-electron chi connectivity index (χ2n) is 5.43. The van der Waals surface area contributed by atoms with Crippen LogP contribution in [0.1, 0.15) is 13.3 Å².